The number of hydrogen-bond acceptors (Lipinski definition) is 4. The zero-order valence-corrected chi connectivity index (χ0v) is 14.4. The Morgan fingerprint density at radius 1 is 1.55 bits per heavy atom. The normalized spacial score (nSPS) is 21.3. The number of likely N-dealkylation sites (tertiary alicyclic amines) is 1. The van der Waals surface area contributed by atoms with E-state index in [0.717, 1.165) is 13.0 Å². The maximum atomic E-state index is 12.2. The van der Waals surface area contributed by atoms with Gasteiger partial charge < -0.3 is 15.8 Å². The summed E-state index contributed by atoms with van der Waals surface area (Å²) in [7, 11) is 1.56. The van der Waals surface area contributed by atoms with Gasteiger partial charge in [-0.25, -0.2) is 0 Å². The lowest BCUT2D eigenvalue weighted by molar-refractivity contribution is -0.117. The molecule has 0 aliphatic carbocycles. The summed E-state index contributed by atoms with van der Waals surface area (Å²) in [5.74, 6) is 1.01. The first kappa shape index (κ1) is 19.0. The van der Waals surface area contributed by atoms with Gasteiger partial charge in [0, 0.05) is 17.6 Å². The molecule has 22 heavy (non-hydrogen) atoms. The summed E-state index contributed by atoms with van der Waals surface area (Å²) < 4.78 is 5.22. The van der Waals surface area contributed by atoms with E-state index in [4.69, 9.17) is 22.1 Å². The predicted molar refractivity (Wildman–Crippen MR) is 92.1 cm³/mol. The minimum absolute atomic E-state index is 0. The van der Waals surface area contributed by atoms with Crippen molar-refractivity contribution in [2.45, 2.75) is 19.4 Å². The van der Waals surface area contributed by atoms with Gasteiger partial charge in [0.15, 0.2) is 0 Å². The van der Waals surface area contributed by atoms with Gasteiger partial charge >= 0.3 is 0 Å². The van der Waals surface area contributed by atoms with Crippen molar-refractivity contribution >= 4 is 35.6 Å². The molecule has 1 aliphatic rings. The van der Waals surface area contributed by atoms with Gasteiger partial charge in [-0.05, 0) is 44.0 Å². The van der Waals surface area contributed by atoms with Crippen molar-refractivity contribution in [1.29, 1.82) is 0 Å². The fourth-order valence-electron chi connectivity index (χ4n) is 2.76. The summed E-state index contributed by atoms with van der Waals surface area (Å²) in [5, 5.41) is 3.42. The topological polar surface area (TPSA) is 67.6 Å². The van der Waals surface area contributed by atoms with Crippen LogP contribution in [-0.2, 0) is 4.79 Å². The number of nitrogens with one attached hydrogen (secondary N) is 1. The van der Waals surface area contributed by atoms with Gasteiger partial charge in [0.2, 0.25) is 5.91 Å². The van der Waals surface area contributed by atoms with Gasteiger partial charge in [-0.2, -0.15) is 0 Å². The monoisotopic (exact) mass is 347 g/mol. The van der Waals surface area contributed by atoms with E-state index in [2.05, 4.69) is 17.1 Å². The average molecular weight is 348 g/mol. The number of ether oxygens (including phenoxy) is 1. The van der Waals surface area contributed by atoms with E-state index in [9.17, 15) is 4.79 Å². The Kier molecular flexibility index (Phi) is 7.42. The predicted octanol–water partition coefficient (Wildman–Crippen LogP) is 2.38. The molecule has 124 valence electrons. The number of nitrogens with zero attached hydrogens (tertiary/aromatic N) is 1. The van der Waals surface area contributed by atoms with Crippen LogP contribution >= 0.6 is 24.0 Å². The van der Waals surface area contributed by atoms with Crippen LogP contribution in [0.2, 0.25) is 5.02 Å². The molecule has 2 rings (SSSR count). The van der Waals surface area contributed by atoms with E-state index in [1.807, 2.05) is 0 Å². The minimum atomic E-state index is -0.0694. The number of carbonyl (C=O) groups is 1. The number of nitrogens with two attached hydrogens (primary N) is 1. The van der Waals surface area contributed by atoms with Crippen LogP contribution < -0.4 is 15.8 Å². The van der Waals surface area contributed by atoms with Gasteiger partial charge in [-0.3, -0.25) is 9.69 Å². The zero-order chi connectivity index (χ0) is 15.4. The molecule has 1 saturated heterocycles. The maximum absolute atomic E-state index is 12.2. The fourth-order valence-corrected chi connectivity index (χ4v) is 2.93. The van der Waals surface area contributed by atoms with E-state index < -0.39 is 0 Å². The van der Waals surface area contributed by atoms with Gasteiger partial charge in [-0.15, -0.1) is 12.4 Å². The highest BCUT2D eigenvalue weighted by Crippen LogP contribution is 2.28. The number of anilines is 1. The molecule has 1 aromatic rings. The lowest BCUT2D eigenvalue weighted by Gasteiger charge is -2.20. The third kappa shape index (κ3) is 4.74. The molecule has 0 aromatic heterocycles. The van der Waals surface area contributed by atoms with Crippen molar-refractivity contribution in [3.63, 3.8) is 0 Å². The van der Waals surface area contributed by atoms with Crippen LogP contribution in [0.5, 0.6) is 5.75 Å². The summed E-state index contributed by atoms with van der Waals surface area (Å²) in [6, 6.07) is 5.53. The highest BCUT2D eigenvalue weighted by molar-refractivity contribution is 6.31. The quantitative estimate of drug-likeness (QED) is 0.857. The first-order chi connectivity index (χ1) is 10.0. The molecule has 1 heterocycles. The number of halogens is 2. The molecular weight excluding hydrogens is 325 g/mol. The second kappa shape index (κ2) is 8.58. The second-order valence-corrected chi connectivity index (χ2v) is 5.95. The highest BCUT2D eigenvalue weighted by atomic mass is 35.5. The first-order valence-electron chi connectivity index (χ1n) is 7.11. The minimum Gasteiger partial charge on any atom is -0.495 e. The second-order valence-electron chi connectivity index (χ2n) is 5.51. The zero-order valence-electron chi connectivity index (χ0n) is 12.8. The molecule has 1 amide bonds. The van der Waals surface area contributed by atoms with Gasteiger partial charge in [0.1, 0.15) is 5.75 Å². The van der Waals surface area contributed by atoms with Crippen molar-refractivity contribution in [2.75, 3.05) is 32.1 Å². The Bertz CT molecular complexity index is 514. The summed E-state index contributed by atoms with van der Waals surface area (Å²) in [4.78, 5) is 14.4. The molecule has 0 saturated carbocycles. The Morgan fingerprint density at radius 2 is 2.27 bits per heavy atom. The fraction of sp³-hybridized carbons (Fsp3) is 0.533. The van der Waals surface area contributed by atoms with Crippen molar-refractivity contribution in [2.24, 2.45) is 11.7 Å². The molecule has 7 heteroatoms. The molecule has 0 radical (unpaired) electrons. The number of benzene rings is 1. The highest BCUT2D eigenvalue weighted by Gasteiger charge is 2.29. The average Bonchev–Trinajstić information content (AvgIpc) is 2.79. The maximum Gasteiger partial charge on any atom is 0.238 e. The van der Waals surface area contributed by atoms with Gasteiger partial charge in [-0.1, -0.05) is 11.6 Å². The Morgan fingerprint density at radius 3 is 2.86 bits per heavy atom. The van der Waals surface area contributed by atoms with Crippen LogP contribution in [0.1, 0.15) is 13.3 Å². The van der Waals surface area contributed by atoms with E-state index in [1.54, 1.807) is 25.3 Å². The third-order valence-corrected chi connectivity index (χ3v) is 4.14. The molecule has 1 aliphatic heterocycles. The lowest BCUT2D eigenvalue weighted by Crippen LogP contribution is -2.36. The molecule has 1 fully saturated rings. The molecular formula is C15H23Cl2N3O2. The van der Waals surface area contributed by atoms with Crippen LogP contribution in [0.3, 0.4) is 0 Å². The summed E-state index contributed by atoms with van der Waals surface area (Å²) in [5.41, 5.74) is 6.30. The first-order valence-corrected chi connectivity index (χ1v) is 7.48. The van der Waals surface area contributed by atoms with E-state index in [-0.39, 0.29) is 18.3 Å². The number of rotatable bonds is 5. The molecule has 3 N–H and O–H groups in total. The van der Waals surface area contributed by atoms with Gasteiger partial charge in [0.05, 0.1) is 19.3 Å². The number of hydrogen-bond donors (Lipinski definition) is 2. The van der Waals surface area contributed by atoms with Crippen molar-refractivity contribution in [1.82, 2.24) is 4.90 Å². The Hall–Kier alpha value is -1.01. The van der Waals surface area contributed by atoms with Gasteiger partial charge in [0.25, 0.3) is 0 Å². The molecule has 0 bridgehead atoms. The molecule has 0 spiro atoms. The van der Waals surface area contributed by atoms with Crippen molar-refractivity contribution < 1.29 is 9.53 Å². The molecule has 5 nitrogen and oxygen atoms in total. The molecule has 1 aromatic carbocycles. The van der Waals surface area contributed by atoms with Crippen LogP contribution in [0.15, 0.2) is 18.2 Å². The van der Waals surface area contributed by atoms with Crippen LogP contribution in [0.4, 0.5) is 5.69 Å². The standard InChI is InChI=1S/C15H22ClN3O2.ClH/c1-10-5-11(7-17)8-19(10)9-15(20)18-13-6-12(16)3-4-14(13)21-2;/h3-4,6,10-11H,5,7-9,17H2,1-2H3,(H,18,20);1H. The Labute approximate surface area is 142 Å². The number of amides is 1. The van der Waals surface area contributed by atoms with E-state index >= 15 is 0 Å². The summed E-state index contributed by atoms with van der Waals surface area (Å²) in [6.07, 6.45) is 1.05. The molecule has 2 atom stereocenters. The van der Waals surface area contributed by atoms with Crippen molar-refractivity contribution in [3.05, 3.63) is 23.2 Å². The van der Waals surface area contributed by atoms with E-state index in [1.165, 1.54) is 0 Å². The molecule has 2 unspecified atom stereocenters. The van der Waals surface area contributed by atoms with Crippen molar-refractivity contribution in [3.8, 4) is 5.75 Å². The summed E-state index contributed by atoms with van der Waals surface area (Å²) in [6.45, 7) is 4.03. The van der Waals surface area contributed by atoms with Crippen LogP contribution in [0.25, 0.3) is 0 Å². The van der Waals surface area contributed by atoms with Crippen LogP contribution in [-0.4, -0.2) is 43.6 Å². The van der Waals surface area contributed by atoms with E-state index in [0.29, 0.717) is 41.5 Å². The summed E-state index contributed by atoms with van der Waals surface area (Å²) >= 11 is 5.96. The largest absolute Gasteiger partial charge is 0.495 e. The smallest absolute Gasteiger partial charge is 0.238 e. The number of methoxy groups -OCH3 is 1. The Balaban J connectivity index is 0.00000242. The lowest BCUT2D eigenvalue weighted by atomic mass is 10.1. The SMILES string of the molecule is COc1ccc(Cl)cc1NC(=O)CN1CC(CN)CC1C.Cl. The number of carbonyl (C=O) groups excluding carboxylic acids is 1. The van der Waals surface area contributed by atoms with Crippen LogP contribution in [0, 0.1) is 5.92 Å². The third-order valence-electron chi connectivity index (χ3n) is 3.91.